The molecule has 1 aromatic carbocycles. The lowest BCUT2D eigenvalue weighted by Crippen LogP contribution is -2.22. The molecule has 0 fully saturated rings. The summed E-state index contributed by atoms with van der Waals surface area (Å²) >= 11 is 3.15. The smallest absolute Gasteiger partial charge is 0.288 e. The van der Waals surface area contributed by atoms with Gasteiger partial charge in [-0.15, -0.1) is 10.2 Å². The van der Waals surface area contributed by atoms with E-state index in [1.807, 2.05) is 0 Å². The minimum atomic E-state index is -2.46. The van der Waals surface area contributed by atoms with Crippen LogP contribution in [0.1, 0.15) is 6.92 Å². The number of alkyl halides is 2. The molecular formula is C13H14F2N4OS3. The van der Waals surface area contributed by atoms with Crippen LogP contribution in [0, 0.1) is 0 Å². The van der Waals surface area contributed by atoms with Gasteiger partial charge in [-0.1, -0.05) is 34.9 Å². The van der Waals surface area contributed by atoms with Crippen molar-refractivity contribution >= 4 is 51.6 Å². The topological polar surface area (TPSA) is 66.9 Å². The lowest BCUT2D eigenvalue weighted by Gasteiger charge is -2.10. The Balaban J connectivity index is 1.89. The Morgan fingerprint density at radius 3 is 2.48 bits per heavy atom. The summed E-state index contributed by atoms with van der Waals surface area (Å²) in [6, 6.07) is 6.30. The fourth-order valence-electron chi connectivity index (χ4n) is 1.53. The zero-order valence-corrected chi connectivity index (χ0v) is 14.7. The second-order valence-electron chi connectivity index (χ2n) is 4.28. The molecule has 0 aliphatic heterocycles. The van der Waals surface area contributed by atoms with Gasteiger partial charge in [0.2, 0.25) is 11.0 Å². The molecule has 1 aromatic heterocycles. The number of carbonyl (C=O) groups excluding carboxylic acids is 1. The van der Waals surface area contributed by atoms with Gasteiger partial charge in [-0.05, 0) is 31.2 Å². The first-order chi connectivity index (χ1) is 11.0. The SMILES string of the molecule is CNc1nnc(S[C@H](C)C(=O)Nc2ccc(SC(F)F)cc2)s1. The molecule has 0 aliphatic rings. The van der Waals surface area contributed by atoms with Crippen LogP contribution in [-0.4, -0.2) is 34.2 Å². The number of anilines is 2. The Kier molecular flexibility index (Phi) is 6.60. The Hall–Kier alpha value is -1.39. The van der Waals surface area contributed by atoms with Crippen molar-refractivity contribution in [1.29, 1.82) is 0 Å². The summed E-state index contributed by atoms with van der Waals surface area (Å²) in [5, 5.41) is 13.8. The predicted octanol–water partition coefficient (Wildman–Crippen LogP) is 4.01. The van der Waals surface area contributed by atoms with E-state index in [1.165, 1.54) is 23.1 Å². The largest absolute Gasteiger partial charge is 0.363 e. The molecule has 1 atom stereocenters. The maximum absolute atomic E-state index is 12.2. The number of amides is 1. The third kappa shape index (κ3) is 5.63. The molecule has 0 aliphatic carbocycles. The normalized spacial score (nSPS) is 12.2. The molecule has 1 heterocycles. The van der Waals surface area contributed by atoms with Crippen LogP contribution < -0.4 is 10.6 Å². The molecule has 124 valence electrons. The van der Waals surface area contributed by atoms with E-state index < -0.39 is 5.76 Å². The van der Waals surface area contributed by atoms with Gasteiger partial charge in [-0.25, -0.2) is 0 Å². The molecule has 2 rings (SSSR count). The van der Waals surface area contributed by atoms with Crippen molar-refractivity contribution < 1.29 is 13.6 Å². The zero-order valence-electron chi connectivity index (χ0n) is 12.2. The molecule has 0 saturated carbocycles. The van der Waals surface area contributed by atoms with Gasteiger partial charge in [-0.2, -0.15) is 8.78 Å². The molecule has 2 N–H and O–H groups in total. The van der Waals surface area contributed by atoms with Crippen LogP contribution in [-0.2, 0) is 4.79 Å². The molecule has 0 radical (unpaired) electrons. The third-order valence-corrected chi connectivity index (χ3v) is 5.46. The molecule has 10 heteroatoms. The summed E-state index contributed by atoms with van der Waals surface area (Å²) in [7, 11) is 1.75. The highest BCUT2D eigenvalue weighted by molar-refractivity contribution is 8.02. The Labute approximate surface area is 144 Å². The first kappa shape index (κ1) is 18.0. The lowest BCUT2D eigenvalue weighted by molar-refractivity contribution is -0.115. The molecular weight excluding hydrogens is 362 g/mol. The molecule has 0 spiro atoms. The van der Waals surface area contributed by atoms with Crippen molar-refractivity contribution in [3.05, 3.63) is 24.3 Å². The van der Waals surface area contributed by atoms with Crippen LogP contribution in [0.2, 0.25) is 0 Å². The minimum absolute atomic E-state index is 0.189. The van der Waals surface area contributed by atoms with Crippen LogP contribution >= 0.6 is 34.9 Å². The zero-order chi connectivity index (χ0) is 16.8. The van der Waals surface area contributed by atoms with Crippen LogP contribution in [0.3, 0.4) is 0 Å². The summed E-state index contributed by atoms with van der Waals surface area (Å²) in [6.45, 7) is 1.77. The number of carbonyl (C=O) groups is 1. The molecule has 0 unspecified atom stereocenters. The van der Waals surface area contributed by atoms with Crippen LogP contribution in [0.4, 0.5) is 19.6 Å². The van der Waals surface area contributed by atoms with E-state index in [0.717, 1.165) is 0 Å². The summed E-state index contributed by atoms with van der Waals surface area (Å²) < 4.78 is 25.2. The average molecular weight is 376 g/mol. The van der Waals surface area contributed by atoms with Crippen LogP contribution in [0.15, 0.2) is 33.5 Å². The number of thioether (sulfide) groups is 2. The van der Waals surface area contributed by atoms with Crippen molar-refractivity contribution in [1.82, 2.24) is 10.2 Å². The maximum atomic E-state index is 12.2. The van der Waals surface area contributed by atoms with E-state index in [9.17, 15) is 13.6 Å². The highest BCUT2D eigenvalue weighted by Gasteiger charge is 2.17. The van der Waals surface area contributed by atoms with Gasteiger partial charge >= 0.3 is 0 Å². The second-order valence-corrected chi connectivity index (χ2v) is 7.90. The maximum Gasteiger partial charge on any atom is 0.288 e. The molecule has 0 bridgehead atoms. The number of nitrogens with one attached hydrogen (secondary N) is 2. The molecule has 5 nitrogen and oxygen atoms in total. The Bertz CT molecular complexity index is 651. The number of halogens is 2. The average Bonchev–Trinajstić information content (AvgIpc) is 2.96. The van der Waals surface area contributed by atoms with E-state index in [1.54, 1.807) is 38.2 Å². The first-order valence-corrected chi connectivity index (χ1v) is 9.09. The van der Waals surface area contributed by atoms with Gasteiger partial charge in [0.05, 0.1) is 5.25 Å². The standard InChI is InChI=1S/C13H14F2N4OS3/c1-7(21-13-19-18-12(16-2)23-13)10(20)17-8-3-5-9(6-4-8)22-11(14)15/h3-7,11H,1-2H3,(H,16,18)(H,17,20)/t7-/m1/s1. The molecule has 23 heavy (non-hydrogen) atoms. The lowest BCUT2D eigenvalue weighted by atomic mass is 10.3. The predicted molar refractivity (Wildman–Crippen MR) is 91.7 cm³/mol. The number of benzene rings is 1. The van der Waals surface area contributed by atoms with Crippen LogP contribution in [0.5, 0.6) is 0 Å². The van der Waals surface area contributed by atoms with Crippen molar-refractivity contribution in [2.24, 2.45) is 0 Å². The van der Waals surface area contributed by atoms with E-state index in [4.69, 9.17) is 0 Å². The number of aromatic nitrogens is 2. The summed E-state index contributed by atoms with van der Waals surface area (Å²) in [4.78, 5) is 12.6. The van der Waals surface area contributed by atoms with Gasteiger partial charge < -0.3 is 10.6 Å². The summed E-state index contributed by atoms with van der Waals surface area (Å²) in [5.41, 5.74) is 0.564. The number of rotatable bonds is 7. The summed E-state index contributed by atoms with van der Waals surface area (Å²) in [6.07, 6.45) is 0. The van der Waals surface area contributed by atoms with E-state index >= 15 is 0 Å². The van der Waals surface area contributed by atoms with Gasteiger partial charge in [0.15, 0.2) is 4.34 Å². The minimum Gasteiger partial charge on any atom is -0.363 e. The van der Waals surface area contributed by atoms with Crippen molar-refractivity contribution in [2.75, 3.05) is 17.7 Å². The number of hydrogen-bond acceptors (Lipinski definition) is 7. The van der Waals surface area contributed by atoms with Crippen molar-refractivity contribution in [3.8, 4) is 0 Å². The third-order valence-electron chi connectivity index (χ3n) is 2.61. The highest BCUT2D eigenvalue weighted by atomic mass is 32.2. The van der Waals surface area contributed by atoms with Gasteiger partial charge in [0, 0.05) is 17.6 Å². The van der Waals surface area contributed by atoms with Gasteiger partial charge in [-0.3, -0.25) is 4.79 Å². The second kappa shape index (κ2) is 8.46. The first-order valence-electron chi connectivity index (χ1n) is 6.51. The molecule has 1 amide bonds. The Morgan fingerprint density at radius 1 is 1.22 bits per heavy atom. The van der Waals surface area contributed by atoms with Crippen molar-refractivity contribution in [2.45, 2.75) is 27.2 Å². The van der Waals surface area contributed by atoms with Crippen molar-refractivity contribution in [3.63, 3.8) is 0 Å². The van der Waals surface area contributed by atoms with E-state index in [2.05, 4.69) is 20.8 Å². The fourth-order valence-corrected chi connectivity index (χ4v) is 3.88. The fraction of sp³-hybridized carbons (Fsp3) is 0.308. The van der Waals surface area contributed by atoms with E-state index in [-0.39, 0.29) is 11.2 Å². The number of hydrogen-bond donors (Lipinski definition) is 2. The molecule has 2 aromatic rings. The summed E-state index contributed by atoms with van der Waals surface area (Å²) in [5.74, 6) is -2.65. The monoisotopic (exact) mass is 376 g/mol. The van der Waals surface area contributed by atoms with Crippen LogP contribution in [0.25, 0.3) is 0 Å². The number of nitrogens with zero attached hydrogens (tertiary/aromatic N) is 2. The van der Waals surface area contributed by atoms with Gasteiger partial charge in [0.1, 0.15) is 0 Å². The highest BCUT2D eigenvalue weighted by Crippen LogP contribution is 2.30. The Morgan fingerprint density at radius 2 is 1.91 bits per heavy atom. The van der Waals surface area contributed by atoms with E-state index in [0.29, 0.717) is 31.8 Å². The molecule has 0 saturated heterocycles. The van der Waals surface area contributed by atoms with Gasteiger partial charge in [0.25, 0.3) is 5.76 Å². The quantitative estimate of drug-likeness (QED) is 0.712.